The van der Waals surface area contributed by atoms with Crippen molar-refractivity contribution in [1.29, 1.82) is 0 Å². The lowest BCUT2D eigenvalue weighted by Gasteiger charge is -2.02. The first kappa shape index (κ1) is 21.3. The highest BCUT2D eigenvalue weighted by molar-refractivity contribution is 5.93. The van der Waals surface area contributed by atoms with E-state index in [1.54, 1.807) is 55.4 Å². The van der Waals surface area contributed by atoms with Gasteiger partial charge in [-0.05, 0) is 47.5 Å². The summed E-state index contributed by atoms with van der Waals surface area (Å²) in [4.78, 5) is 26.4. The largest absolute Gasteiger partial charge is 0.293 e. The maximum absolute atomic E-state index is 11.7. The number of ketones is 2. The third-order valence-corrected chi connectivity index (χ3v) is 5.00. The summed E-state index contributed by atoms with van der Waals surface area (Å²) in [6.07, 6.45) is 7.29. The molecule has 0 N–H and O–H groups in total. The van der Waals surface area contributed by atoms with Crippen molar-refractivity contribution in [2.24, 2.45) is 0 Å². The van der Waals surface area contributed by atoms with Crippen LogP contribution in [-0.4, -0.2) is 61.1 Å². The number of aryl methyl sites for hydroxylation is 2. The van der Waals surface area contributed by atoms with Crippen LogP contribution in [0.1, 0.15) is 60.5 Å². The highest BCUT2D eigenvalue weighted by atomic mass is 16.1. The van der Waals surface area contributed by atoms with E-state index in [2.05, 4.69) is 30.8 Å². The van der Waals surface area contributed by atoms with Crippen LogP contribution in [0.25, 0.3) is 11.9 Å². The number of nitrogens with zero attached hydrogens (tertiary/aromatic N) is 10. The smallest absolute Gasteiger partial charge is 0.274 e. The maximum Gasteiger partial charge on any atom is 0.274 e. The molecule has 0 aliphatic carbocycles. The van der Waals surface area contributed by atoms with Crippen molar-refractivity contribution in [3.05, 3.63) is 48.0 Å². The van der Waals surface area contributed by atoms with Crippen LogP contribution in [0.3, 0.4) is 0 Å². The molecule has 0 aromatic carbocycles. The molecule has 4 heterocycles. The third kappa shape index (κ3) is 4.68. The standard InChI is InChI=1S/C20H24N10O2/c1-15(31)17-9-7-11-27(17)19-21-25-29(23-19)13-5-3-4-6-14-30-24-20(22-26-30)28-12-8-10-18(28)16(2)32/h7-12H,3-6,13-14H2,1-2H3. The zero-order chi connectivity index (χ0) is 22.5. The SMILES string of the molecule is CC(=O)c1cccn1-c1nnn(CCCCCCn2nnc(-n3cccc3C(C)=O)n2)n1. The molecule has 0 bridgehead atoms. The maximum atomic E-state index is 11.7. The van der Waals surface area contributed by atoms with Crippen LogP contribution in [0.4, 0.5) is 0 Å². The lowest BCUT2D eigenvalue weighted by atomic mass is 10.2. The number of hydrogen-bond acceptors (Lipinski definition) is 8. The summed E-state index contributed by atoms with van der Waals surface area (Å²) in [6, 6.07) is 7.03. The monoisotopic (exact) mass is 436 g/mol. The van der Waals surface area contributed by atoms with E-state index in [-0.39, 0.29) is 11.6 Å². The van der Waals surface area contributed by atoms with Crippen LogP contribution in [0.15, 0.2) is 36.7 Å². The number of rotatable bonds is 11. The van der Waals surface area contributed by atoms with E-state index in [0.717, 1.165) is 25.7 Å². The zero-order valence-electron chi connectivity index (χ0n) is 18.0. The molecule has 0 spiro atoms. The molecule has 12 nitrogen and oxygen atoms in total. The molecule has 166 valence electrons. The van der Waals surface area contributed by atoms with Crippen molar-refractivity contribution in [2.45, 2.75) is 52.6 Å². The van der Waals surface area contributed by atoms with Gasteiger partial charge >= 0.3 is 0 Å². The summed E-state index contributed by atoms with van der Waals surface area (Å²) in [6.45, 7) is 4.32. The van der Waals surface area contributed by atoms with Crippen LogP contribution in [0.2, 0.25) is 0 Å². The van der Waals surface area contributed by atoms with Crippen molar-refractivity contribution < 1.29 is 9.59 Å². The molecular weight excluding hydrogens is 412 g/mol. The van der Waals surface area contributed by atoms with Gasteiger partial charge in [-0.3, -0.25) is 18.7 Å². The first-order valence-corrected chi connectivity index (χ1v) is 10.5. The molecule has 0 aliphatic rings. The molecule has 4 aromatic rings. The normalized spacial score (nSPS) is 11.2. The van der Waals surface area contributed by atoms with Crippen LogP contribution >= 0.6 is 0 Å². The molecule has 0 saturated heterocycles. The molecule has 4 aromatic heterocycles. The van der Waals surface area contributed by atoms with E-state index in [0.29, 0.717) is 36.4 Å². The molecule has 0 amide bonds. The number of aromatic nitrogens is 10. The minimum Gasteiger partial charge on any atom is -0.293 e. The topological polar surface area (TPSA) is 131 Å². The average Bonchev–Trinajstić information content (AvgIpc) is 3.55. The Labute approximate surface area is 183 Å². The molecule has 32 heavy (non-hydrogen) atoms. The second-order valence-electron chi connectivity index (χ2n) is 7.42. The van der Waals surface area contributed by atoms with Crippen molar-refractivity contribution in [1.82, 2.24) is 49.5 Å². The average molecular weight is 436 g/mol. The quantitative estimate of drug-likeness (QED) is 0.257. The van der Waals surface area contributed by atoms with Crippen LogP contribution in [0, 0.1) is 0 Å². The fourth-order valence-corrected chi connectivity index (χ4v) is 3.40. The Hall–Kier alpha value is -3.96. The number of carbonyl (C=O) groups excluding carboxylic acids is 2. The first-order valence-electron chi connectivity index (χ1n) is 10.5. The number of Topliss-reactive ketones (excluding diaryl/α,β-unsaturated/α-hetero) is 2. The number of hydrogen-bond donors (Lipinski definition) is 0. The molecule has 0 fully saturated rings. The predicted octanol–water partition coefficient (Wildman–Crippen LogP) is 1.91. The van der Waals surface area contributed by atoms with Gasteiger partial charge in [0.1, 0.15) is 0 Å². The van der Waals surface area contributed by atoms with Gasteiger partial charge in [0.15, 0.2) is 11.6 Å². The van der Waals surface area contributed by atoms with E-state index < -0.39 is 0 Å². The Morgan fingerprint density at radius 2 is 1.16 bits per heavy atom. The third-order valence-electron chi connectivity index (χ3n) is 5.00. The molecule has 0 unspecified atom stereocenters. The number of tetrazole rings is 2. The summed E-state index contributed by atoms with van der Waals surface area (Å²) >= 11 is 0. The highest BCUT2D eigenvalue weighted by Crippen LogP contribution is 2.10. The van der Waals surface area contributed by atoms with Gasteiger partial charge in [0, 0.05) is 26.2 Å². The van der Waals surface area contributed by atoms with Crippen LogP contribution in [0.5, 0.6) is 0 Å². The molecule has 4 rings (SSSR count). The van der Waals surface area contributed by atoms with E-state index >= 15 is 0 Å². The summed E-state index contributed by atoms with van der Waals surface area (Å²) in [7, 11) is 0. The van der Waals surface area contributed by atoms with Crippen LogP contribution < -0.4 is 0 Å². The second-order valence-corrected chi connectivity index (χ2v) is 7.42. The van der Waals surface area contributed by atoms with Gasteiger partial charge in [0.05, 0.1) is 24.5 Å². The van der Waals surface area contributed by atoms with Crippen molar-refractivity contribution in [3.8, 4) is 11.9 Å². The number of carbonyl (C=O) groups is 2. The van der Waals surface area contributed by atoms with Gasteiger partial charge in [-0.1, -0.05) is 23.0 Å². The minimum atomic E-state index is -0.0482. The van der Waals surface area contributed by atoms with Gasteiger partial charge in [-0.15, -0.1) is 10.2 Å². The lowest BCUT2D eigenvalue weighted by molar-refractivity contribution is 0.0998. The Bertz CT molecular complexity index is 1120. The minimum absolute atomic E-state index is 0.0482. The lowest BCUT2D eigenvalue weighted by Crippen LogP contribution is -2.07. The Kier molecular flexibility index (Phi) is 6.29. The Morgan fingerprint density at radius 1 is 0.719 bits per heavy atom. The van der Waals surface area contributed by atoms with Crippen molar-refractivity contribution in [2.75, 3.05) is 0 Å². The molecule has 0 radical (unpaired) electrons. The van der Waals surface area contributed by atoms with Crippen LogP contribution in [-0.2, 0) is 13.1 Å². The number of unbranched alkanes of at least 4 members (excludes halogenated alkanes) is 3. The highest BCUT2D eigenvalue weighted by Gasteiger charge is 2.13. The van der Waals surface area contributed by atoms with Gasteiger partial charge in [-0.2, -0.15) is 9.59 Å². The summed E-state index contributed by atoms with van der Waals surface area (Å²) < 4.78 is 3.27. The predicted molar refractivity (Wildman–Crippen MR) is 113 cm³/mol. The molecule has 0 atom stereocenters. The second kappa shape index (κ2) is 9.45. The van der Waals surface area contributed by atoms with E-state index in [4.69, 9.17) is 0 Å². The van der Waals surface area contributed by atoms with E-state index in [9.17, 15) is 9.59 Å². The first-order chi connectivity index (χ1) is 15.5. The summed E-state index contributed by atoms with van der Waals surface area (Å²) in [5, 5.41) is 24.9. The van der Waals surface area contributed by atoms with E-state index in [1.807, 2.05) is 0 Å². The van der Waals surface area contributed by atoms with Gasteiger partial charge in [0.25, 0.3) is 11.9 Å². The fraction of sp³-hybridized carbons (Fsp3) is 0.400. The van der Waals surface area contributed by atoms with Crippen molar-refractivity contribution in [3.63, 3.8) is 0 Å². The van der Waals surface area contributed by atoms with E-state index in [1.165, 1.54) is 13.8 Å². The molecule has 12 heteroatoms. The van der Waals surface area contributed by atoms with Gasteiger partial charge in [-0.25, -0.2) is 0 Å². The van der Waals surface area contributed by atoms with Gasteiger partial charge in [0.2, 0.25) is 0 Å². The Balaban J connectivity index is 1.20. The Morgan fingerprint density at radius 3 is 1.56 bits per heavy atom. The molecule has 0 saturated carbocycles. The zero-order valence-corrected chi connectivity index (χ0v) is 18.0. The van der Waals surface area contributed by atoms with Gasteiger partial charge < -0.3 is 0 Å². The summed E-state index contributed by atoms with van der Waals surface area (Å²) in [5.41, 5.74) is 1.06. The molecule has 0 aliphatic heterocycles. The molecular formula is C20H24N10O2. The van der Waals surface area contributed by atoms with Crippen molar-refractivity contribution >= 4 is 11.6 Å². The fourth-order valence-electron chi connectivity index (χ4n) is 3.40. The summed E-state index contributed by atoms with van der Waals surface area (Å²) in [5.74, 6) is 0.689.